The summed E-state index contributed by atoms with van der Waals surface area (Å²) in [5, 5.41) is 20.9. The Kier molecular flexibility index (Phi) is 33.1. The molecule has 1 aliphatic heterocycles. The van der Waals surface area contributed by atoms with E-state index in [0.29, 0.717) is 32.1 Å². The lowest BCUT2D eigenvalue weighted by molar-refractivity contribution is -0.161. The first kappa shape index (κ1) is 62.0. The molecule has 7 atom stereocenters. The first-order valence-corrected chi connectivity index (χ1v) is 28.3. The van der Waals surface area contributed by atoms with Crippen molar-refractivity contribution in [3.8, 4) is 0 Å². The minimum absolute atomic E-state index is 0.0308. The van der Waals surface area contributed by atoms with Crippen LogP contribution in [0.25, 0.3) is 0 Å². The number of aliphatic hydroxyl groups excluding tert-OH is 2. The van der Waals surface area contributed by atoms with Crippen molar-refractivity contribution in [2.45, 2.75) is 218 Å². The highest BCUT2D eigenvalue weighted by Crippen LogP contribution is 2.60. The second-order valence-electron chi connectivity index (χ2n) is 17.7. The van der Waals surface area contributed by atoms with Crippen LogP contribution < -0.4 is 11.4 Å². The second kappa shape index (κ2) is 36.8. The standard InChI is InChI=1S/C48H83N3O16P2/c1-3-5-7-9-11-12-13-14-15-16-17-18-20-24-28-32-43(53)62-36-40(65-44(54)33-29-25-21-23-27-31-39(52)30-26-22-19-10-8-6-4-2)37-63-68(58,59)67-69(60,61)64-38-41-45(55)46(56)47(66-41)51-35-34-42(49)50-48(51)57/h19,22,26,30,34-35,40-41,45-47,55-56H,3-18,20-21,23-25,27-29,31-33,36-38H2,1-2H3,(H,58,59)(H,60,61)(H2,49,50,57)/b22-19-,30-26+/t40-,41-,45-,46-,47-/m1/s1. The van der Waals surface area contributed by atoms with Crippen LogP contribution in [0.15, 0.2) is 41.4 Å². The van der Waals surface area contributed by atoms with Crippen molar-refractivity contribution >= 4 is 39.2 Å². The van der Waals surface area contributed by atoms with E-state index in [1.165, 1.54) is 76.7 Å². The van der Waals surface area contributed by atoms with Crippen LogP contribution in [-0.2, 0) is 51.1 Å². The van der Waals surface area contributed by atoms with Gasteiger partial charge in [-0.3, -0.25) is 28.0 Å². The third-order valence-electron chi connectivity index (χ3n) is 11.5. The van der Waals surface area contributed by atoms with Crippen molar-refractivity contribution in [3.63, 3.8) is 0 Å². The number of unbranched alkanes of at least 4 members (excludes halogenated alkanes) is 21. The molecular formula is C48H83N3O16P2. The van der Waals surface area contributed by atoms with Crippen LogP contribution in [0.4, 0.5) is 5.82 Å². The van der Waals surface area contributed by atoms with E-state index in [-0.39, 0.29) is 24.4 Å². The number of nitrogens with zero attached hydrogens (tertiary/aromatic N) is 2. The molecule has 1 aromatic rings. The maximum absolute atomic E-state index is 12.8. The molecule has 2 rings (SSSR count). The number of carbonyl (C=O) groups is 3. The SMILES string of the molecule is CCCCC/C=C\C=C\C(=O)CCCCCCCC(=O)O[C@H](COC(=O)CCCCCCCCCCCCCCCCC)COP(=O)(O)OP(=O)(O)OC[C@H]1O[C@@H](n2ccc(N)nc2=O)[C@H](O)[C@@H]1O. The predicted molar refractivity (Wildman–Crippen MR) is 262 cm³/mol. The van der Waals surface area contributed by atoms with E-state index in [9.17, 15) is 48.3 Å². The molecule has 21 heteroatoms. The Morgan fingerprint density at radius 2 is 1.25 bits per heavy atom. The molecule has 396 valence electrons. The predicted octanol–water partition coefficient (Wildman–Crippen LogP) is 9.40. The van der Waals surface area contributed by atoms with Crippen LogP contribution in [0.1, 0.15) is 193 Å². The first-order valence-electron chi connectivity index (χ1n) is 25.3. The summed E-state index contributed by atoms with van der Waals surface area (Å²) >= 11 is 0. The largest absolute Gasteiger partial charge is 0.481 e. The fourth-order valence-corrected chi connectivity index (χ4v) is 9.64. The second-order valence-corrected chi connectivity index (χ2v) is 20.8. The Bertz CT molecular complexity index is 1810. The molecule has 1 aliphatic rings. The van der Waals surface area contributed by atoms with E-state index in [2.05, 4.69) is 29.2 Å². The van der Waals surface area contributed by atoms with Gasteiger partial charge in [0.1, 0.15) is 30.7 Å². The van der Waals surface area contributed by atoms with Crippen molar-refractivity contribution in [1.29, 1.82) is 0 Å². The van der Waals surface area contributed by atoms with Gasteiger partial charge in [-0.2, -0.15) is 9.29 Å². The summed E-state index contributed by atoms with van der Waals surface area (Å²) in [5.41, 5.74) is 4.57. The lowest BCUT2D eigenvalue weighted by atomic mass is 10.0. The van der Waals surface area contributed by atoms with Gasteiger partial charge in [-0.25, -0.2) is 13.9 Å². The number of phosphoric ester groups is 2. The Balaban J connectivity index is 1.82. The van der Waals surface area contributed by atoms with Gasteiger partial charge in [-0.1, -0.05) is 154 Å². The van der Waals surface area contributed by atoms with Crippen molar-refractivity contribution in [1.82, 2.24) is 9.55 Å². The molecule has 1 saturated heterocycles. The van der Waals surface area contributed by atoms with Crippen LogP contribution in [0.2, 0.25) is 0 Å². The van der Waals surface area contributed by atoms with Crippen molar-refractivity contribution < 1.29 is 71.1 Å². The van der Waals surface area contributed by atoms with Gasteiger partial charge in [0.15, 0.2) is 18.1 Å². The summed E-state index contributed by atoms with van der Waals surface area (Å²) in [6.07, 6.45) is 26.5. The van der Waals surface area contributed by atoms with E-state index in [1.807, 2.05) is 6.08 Å². The number of phosphoric acid groups is 2. The topological polar surface area (TPSA) is 283 Å². The fraction of sp³-hybridized carbons (Fsp3) is 0.771. The van der Waals surface area contributed by atoms with Gasteiger partial charge in [-0.15, -0.1) is 0 Å². The number of ketones is 1. The van der Waals surface area contributed by atoms with Gasteiger partial charge < -0.3 is 39.9 Å². The van der Waals surface area contributed by atoms with E-state index in [1.54, 1.807) is 12.2 Å². The van der Waals surface area contributed by atoms with Gasteiger partial charge in [0.25, 0.3) is 0 Å². The average Bonchev–Trinajstić information content (AvgIpc) is 3.58. The smallest absolute Gasteiger partial charge is 0.462 e. The summed E-state index contributed by atoms with van der Waals surface area (Å²) < 4.78 is 56.7. The minimum Gasteiger partial charge on any atom is -0.462 e. The number of esters is 2. The van der Waals surface area contributed by atoms with Crippen molar-refractivity contribution in [2.75, 3.05) is 25.6 Å². The third-order valence-corrected chi connectivity index (χ3v) is 14.1. The highest BCUT2D eigenvalue weighted by molar-refractivity contribution is 7.61. The van der Waals surface area contributed by atoms with E-state index >= 15 is 0 Å². The summed E-state index contributed by atoms with van der Waals surface area (Å²) in [5.74, 6) is -1.34. The Morgan fingerprint density at radius 1 is 0.725 bits per heavy atom. The number of nitrogens with two attached hydrogens (primary N) is 1. The summed E-state index contributed by atoms with van der Waals surface area (Å²) in [7, 11) is -10.9. The van der Waals surface area contributed by atoms with Crippen molar-refractivity contribution in [3.05, 3.63) is 47.1 Å². The number of nitrogen functional groups attached to an aromatic ring is 1. The van der Waals surface area contributed by atoms with Crippen LogP contribution in [-0.4, -0.2) is 91.5 Å². The molecular weight excluding hydrogens is 936 g/mol. The number of allylic oxidation sites excluding steroid dienone is 4. The molecule has 0 radical (unpaired) electrons. The lowest BCUT2D eigenvalue weighted by Crippen LogP contribution is -2.36. The molecule has 1 aromatic heterocycles. The quantitative estimate of drug-likeness (QED) is 0.0134. The van der Waals surface area contributed by atoms with Gasteiger partial charge in [0.2, 0.25) is 0 Å². The molecule has 0 aliphatic carbocycles. The number of aliphatic hydroxyl groups is 2. The normalized spacial score (nSPS) is 19.4. The molecule has 0 bridgehead atoms. The van der Waals surface area contributed by atoms with Crippen molar-refractivity contribution in [2.24, 2.45) is 0 Å². The van der Waals surface area contributed by atoms with Crippen LogP contribution in [0.3, 0.4) is 0 Å². The number of anilines is 1. The molecule has 0 saturated carbocycles. The van der Waals surface area contributed by atoms with Gasteiger partial charge in [0.05, 0.1) is 13.2 Å². The number of hydrogen-bond donors (Lipinski definition) is 5. The monoisotopic (exact) mass is 1020 g/mol. The Hall–Kier alpha value is -3.09. The highest BCUT2D eigenvalue weighted by atomic mass is 31.3. The number of rotatable bonds is 42. The minimum atomic E-state index is -5.44. The molecule has 69 heavy (non-hydrogen) atoms. The zero-order valence-corrected chi connectivity index (χ0v) is 42.9. The summed E-state index contributed by atoms with van der Waals surface area (Å²) in [4.78, 5) is 74.0. The number of hydrogen-bond acceptors (Lipinski definition) is 16. The third kappa shape index (κ3) is 29.8. The van der Waals surface area contributed by atoms with Crippen LogP contribution in [0.5, 0.6) is 0 Å². The fourth-order valence-electron chi connectivity index (χ4n) is 7.53. The molecule has 0 aromatic carbocycles. The number of aromatic nitrogens is 2. The van der Waals surface area contributed by atoms with E-state index < -0.39 is 83.7 Å². The zero-order chi connectivity index (χ0) is 50.8. The van der Waals surface area contributed by atoms with E-state index in [0.717, 1.165) is 68.6 Å². The Morgan fingerprint density at radius 3 is 1.83 bits per heavy atom. The Labute approximate surface area is 409 Å². The highest BCUT2D eigenvalue weighted by Gasteiger charge is 2.46. The maximum Gasteiger partial charge on any atom is 0.481 e. The van der Waals surface area contributed by atoms with Gasteiger partial charge >= 0.3 is 33.3 Å². The van der Waals surface area contributed by atoms with Gasteiger partial charge in [-0.05, 0) is 44.2 Å². The van der Waals surface area contributed by atoms with E-state index in [4.69, 9.17) is 29.0 Å². The summed E-state index contributed by atoms with van der Waals surface area (Å²) in [6.45, 7) is 2.00. The molecule has 6 N–H and O–H groups in total. The molecule has 1 fully saturated rings. The molecule has 0 spiro atoms. The average molecular weight is 1020 g/mol. The molecule has 2 heterocycles. The molecule has 0 amide bonds. The maximum atomic E-state index is 12.8. The van der Waals surface area contributed by atoms with Gasteiger partial charge in [0, 0.05) is 25.5 Å². The van der Waals surface area contributed by atoms with Crippen LogP contribution in [0, 0.1) is 0 Å². The molecule has 2 unspecified atom stereocenters. The molecule has 19 nitrogen and oxygen atoms in total. The zero-order valence-electron chi connectivity index (χ0n) is 41.1. The first-order chi connectivity index (χ1) is 33.1. The number of carbonyl (C=O) groups excluding carboxylic acids is 3. The summed E-state index contributed by atoms with van der Waals surface area (Å²) in [6, 6.07) is 1.24. The lowest BCUT2D eigenvalue weighted by Gasteiger charge is -2.21. The van der Waals surface area contributed by atoms with Crippen LogP contribution >= 0.6 is 15.6 Å². The number of ether oxygens (including phenoxy) is 3.